The molecule has 2 unspecified atom stereocenters. The fourth-order valence-corrected chi connectivity index (χ4v) is 19.6. The van der Waals surface area contributed by atoms with Crippen molar-refractivity contribution < 1.29 is 48.0 Å². The average Bonchev–Trinajstić information content (AvgIpc) is 3.43. The Morgan fingerprint density at radius 3 is 1.26 bits per heavy atom. The first-order valence-electron chi connectivity index (χ1n) is 14.9. The molecule has 2 aliphatic carbocycles. The fraction of sp³-hybridized carbons (Fsp3) is 0.263. The van der Waals surface area contributed by atoms with E-state index in [1.807, 2.05) is 0 Å². The average molecular weight is 685 g/mol. The van der Waals surface area contributed by atoms with Crippen molar-refractivity contribution in [3.05, 3.63) is 142 Å². The molecule has 0 radical (unpaired) electrons. The van der Waals surface area contributed by atoms with E-state index in [1.54, 1.807) is 54.9 Å². The largest absolute Gasteiger partial charge is 1.00 e. The molecular formula is C38H38Cl2SiZr. The predicted octanol–water partition coefficient (Wildman–Crippen LogP) is 2.74. The summed E-state index contributed by atoms with van der Waals surface area (Å²) in [5.41, 5.74) is 13.0. The number of allylic oxidation sites excluding steroid dienone is 2. The van der Waals surface area contributed by atoms with Crippen molar-refractivity contribution in [1.29, 1.82) is 0 Å². The van der Waals surface area contributed by atoms with Crippen molar-refractivity contribution >= 4 is 28.8 Å². The fourth-order valence-electron chi connectivity index (χ4n) is 8.16. The summed E-state index contributed by atoms with van der Waals surface area (Å²) in [5, 5.41) is 6.50. The molecule has 7 rings (SSSR count). The van der Waals surface area contributed by atoms with E-state index in [-0.39, 0.29) is 24.8 Å². The van der Waals surface area contributed by atoms with Gasteiger partial charge in [0, 0.05) is 0 Å². The van der Waals surface area contributed by atoms with Gasteiger partial charge in [-0.2, -0.15) is 0 Å². The number of halogens is 2. The third-order valence-electron chi connectivity index (χ3n) is 9.78. The number of fused-ring (bicyclic) bond motifs is 8. The van der Waals surface area contributed by atoms with Gasteiger partial charge < -0.3 is 24.8 Å². The molecule has 4 bridgehead atoms. The number of benzene rings is 4. The first-order chi connectivity index (χ1) is 19.4. The summed E-state index contributed by atoms with van der Waals surface area (Å²) < 4.78 is 1.25. The second kappa shape index (κ2) is 11.9. The van der Waals surface area contributed by atoms with Crippen LogP contribution in [0.25, 0.3) is 10.4 Å². The molecule has 1 heterocycles. The van der Waals surface area contributed by atoms with Gasteiger partial charge in [-0.05, 0) is 0 Å². The standard InChI is InChI=1S/C38H38Si.2ClH.Zr/c1-25(2)33-21-13-15-29-23-27(5)37(35(29)33)39(31-17-9-7-10-18-31,32-19-11-8-12-20-32)38-28(6)24-30-16-14-22-34(26(3)4)36(30)38;;;/h7-26H,1-6H3;2*1H;/q;;;+2/p-2. The SMILES string of the molecule is CC1=C2c3c(C(C)C)cccc3[CH]1[Zr+2][CH]1C(C)=C(c3c(C(C)C)cccc31)[Si]2(c1ccccc1)c1ccccc1.[Cl-].[Cl-]. The summed E-state index contributed by atoms with van der Waals surface area (Å²) >= 11 is -0.913. The van der Waals surface area contributed by atoms with Crippen LogP contribution in [0.15, 0.2) is 108 Å². The van der Waals surface area contributed by atoms with Crippen LogP contribution in [-0.4, -0.2) is 8.07 Å². The summed E-state index contributed by atoms with van der Waals surface area (Å²) in [7, 11) is -2.69. The van der Waals surface area contributed by atoms with Crippen LogP contribution in [0.1, 0.15) is 94.0 Å². The Hall–Kier alpha value is -1.96. The molecular weight excluding hydrogens is 647 g/mol. The van der Waals surface area contributed by atoms with Crippen molar-refractivity contribution in [2.75, 3.05) is 0 Å². The zero-order valence-electron chi connectivity index (χ0n) is 25.3. The van der Waals surface area contributed by atoms with Crippen molar-refractivity contribution in [3.8, 4) is 0 Å². The second-order valence-corrected chi connectivity index (χ2v) is 19.9. The van der Waals surface area contributed by atoms with Gasteiger partial charge in [0.05, 0.1) is 0 Å². The predicted molar refractivity (Wildman–Crippen MR) is 170 cm³/mol. The third kappa shape index (κ3) is 4.31. The van der Waals surface area contributed by atoms with Gasteiger partial charge in [0.2, 0.25) is 0 Å². The molecule has 4 aromatic rings. The number of rotatable bonds is 4. The minimum absolute atomic E-state index is 0. The van der Waals surface area contributed by atoms with E-state index in [0.717, 1.165) is 0 Å². The van der Waals surface area contributed by atoms with Gasteiger partial charge >= 0.3 is 254 Å². The molecule has 4 aromatic carbocycles. The van der Waals surface area contributed by atoms with Crippen LogP contribution in [0, 0.1) is 0 Å². The Bertz CT molecular complexity index is 1580. The van der Waals surface area contributed by atoms with E-state index in [9.17, 15) is 0 Å². The Labute approximate surface area is 277 Å². The van der Waals surface area contributed by atoms with Gasteiger partial charge in [0.25, 0.3) is 0 Å². The maximum atomic E-state index is 2.53. The zero-order chi connectivity index (χ0) is 27.8. The van der Waals surface area contributed by atoms with Gasteiger partial charge in [-0.1, -0.05) is 0 Å². The van der Waals surface area contributed by atoms with Crippen molar-refractivity contribution in [1.82, 2.24) is 0 Å². The Morgan fingerprint density at radius 1 is 0.524 bits per heavy atom. The molecule has 0 saturated heterocycles. The van der Waals surface area contributed by atoms with Gasteiger partial charge in [-0.25, -0.2) is 0 Å². The number of hydrogen-bond acceptors (Lipinski definition) is 0. The van der Waals surface area contributed by atoms with Gasteiger partial charge in [0.15, 0.2) is 0 Å². The maximum Gasteiger partial charge on any atom is -1.00 e. The minimum Gasteiger partial charge on any atom is -1.00 e. The van der Waals surface area contributed by atoms with Gasteiger partial charge in [0.1, 0.15) is 0 Å². The Morgan fingerprint density at radius 2 is 0.905 bits per heavy atom. The first kappa shape index (κ1) is 31.5. The monoisotopic (exact) mass is 682 g/mol. The summed E-state index contributed by atoms with van der Waals surface area (Å²) in [6, 6.07) is 38.0. The molecule has 0 aromatic heterocycles. The normalized spacial score (nSPS) is 19.2. The van der Waals surface area contributed by atoms with Crippen LogP contribution in [-0.2, 0) is 23.2 Å². The summed E-state index contributed by atoms with van der Waals surface area (Å²) in [5.74, 6) is 0.985. The molecule has 0 amide bonds. The van der Waals surface area contributed by atoms with E-state index in [0.29, 0.717) is 19.1 Å². The Kier molecular flexibility index (Phi) is 8.88. The molecule has 1 aliphatic heterocycles. The van der Waals surface area contributed by atoms with Crippen LogP contribution < -0.4 is 35.2 Å². The molecule has 2 atom stereocenters. The van der Waals surface area contributed by atoms with Crippen LogP contribution in [0.4, 0.5) is 0 Å². The third-order valence-corrected chi connectivity index (χ3v) is 20.3. The molecule has 42 heavy (non-hydrogen) atoms. The van der Waals surface area contributed by atoms with Crippen LogP contribution in [0.5, 0.6) is 0 Å². The summed E-state index contributed by atoms with van der Waals surface area (Å²) in [6.07, 6.45) is 0. The molecule has 0 fully saturated rings. The number of hydrogen-bond donors (Lipinski definition) is 0. The van der Waals surface area contributed by atoms with E-state index in [2.05, 4.69) is 139 Å². The molecule has 0 N–H and O–H groups in total. The van der Waals surface area contributed by atoms with Crippen molar-refractivity contribution in [2.45, 2.75) is 60.6 Å². The van der Waals surface area contributed by atoms with Gasteiger partial charge in [-0.3, -0.25) is 0 Å². The van der Waals surface area contributed by atoms with Gasteiger partial charge in [-0.15, -0.1) is 0 Å². The first-order valence-corrected chi connectivity index (χ1v) is 19.8. The van der Waals surface area contributed by atoms with Crippen molar-refractivity contribution in [3.63, 3.8) is 0 Å². The quantitative estimate of drug-likeness (QED) is 0.291. The zero-order valence-corrected chi connectivity index (χ0v) is 30.3. The van der Waals surface area contributed by atoms with Crippen LogP contribution >= 0.6 is 0 Å². The van der Waals surface area contributed by atoms with Crippen molar-refractivity contribution in [2.24, 2.45) is 0 Å². The molecule has 3 aliphatic rings. The molecule has 4 heteroatoms. The second-order valence-electron chi connectivity index (χ2n) is 12.6. The Balaban J connectivity index is 0.00000176. The van der Waals surface area contributed by atoms with Crippen LogP contribution in [0.3, 0.4) is 0 Å². The smallest absolute Gasteiger partial charge is 1.00 e. The topological polar surface area (TPSA) is 0 Å². The summed E-state index contributed by atoms with van der Waals surface area (Å²) in [6.45, 7) is 14.7. The molecule has 0 nitrogen and oxygen atoms in total. The van der Waals surface area contributed by atoms with E-state index in [4.69, 9.17) is 0 Å². The molecule has 0 spiro atoms. The van der Waals surface area contributed by atoms with E-state index >= 15 is 0 Å². The summed E-state index contributed by atoms with van der Waals surface area (Å²) in [4.78, 5) is 0. The molecule has 0 saturated carbocycles. The molecule has 212 valence electrons. The maximum absolute atomic E-state index is 2.69. The van der Waals surface area contributed by atoms with E-state index < -0.39 is 31.3 Å². The van der Waals surface area contributed by atoms with E-state index in [1.165, 1.54) is 10.4 Å². The van der Waals surface area contributed by atoms with Crippen LogP contribution in [0.2, 0.25) is 0 Å². The minimum atomic E-state index is -2.69.